The van der Waals surface area contributed by atoms with E-state index in [0.717, 1.165) is 17.5 Å². The third-order valence-corrected chi connectivity index (χ3v) is 4.51. The Morgan fingerprint density at radius 2 is 2.00 bits per heavy atom. The van der Waals surface area contributed by atoms with Crippen molar-refractivity contribution in [3.63, 3.8) is 0 Å². The molecule has 1 aliphatic heterocycles. The molecule has 1 aliphatic rings. The van der Waals surface area contributed by atoms with Crippen molar-refractivity contribution in [3.8, 4) is 0 Å². The van der Waals surface area contributed by atoms with Crippen molar-refractivity contribution in [3.05, 3.63) is 70.2 Å². The molecule has 0 saturated carbocycles. The predicted octanol–water partition coefficient (Wildman–Crippen LogP) is 3.19. The molecule has 3 rings (SSSR count). The zero-order chi connectivity index (χ0) is 16.9. The fourth-order valence-corrected chi connectivity index (χ4v) is 3.12. The van der Waals surface area contributed by atoms with Gasteiger partial charge in [-0.25, -0.2) is 0 Å². The van der Waals surface area contributed by atoms with E-state index in [9.17, 15) is 9.90 Å². The third kappa shape index (κ3) is 3.96. The second-order valence-electron chi connectivity index (χ2n) is 5.87. The van der Waals surface area contributed by atoms with Crippen molar-refractivity contribution in [2.75, 3.05) is 13.2 Å². The van der Waals surface area contributed by atoms with Crippen LogP contribution >= 0.6 is 11.6 Å². The lowest BCUT2D eigenvalue weighted by molar-refractivity contribution is -0.125. The molecule has 0 spiro atoms. The van der Waals surface area contributed by atoms with Gasteiger partial charge in [0.2, 0.25) is 5.91 Å². The molecular formula is C19H20ClNO3. The van der Waals surface area contributed by atoms with E-state index in [-0.39, 0.29) is 25.0 Å². The summed E-state index contributed by atoms with van der Waals surface area (Å²) >= 11 is 5.88. The average Bonchev–Trinajstić information content (AvgIpc) is 2.61. The SMILES string of the molecule is O=C(CC1OCCc2ccccc21)NC(CO)c1ccc(Cl)cc1. The maximum absolute atomic E-state index is 12.4. The summed E-state index contributed by atoms with van der Waals surface area (Å²) in [7, 11) is 0. The number of halogens is 1. The molecule has 5 heteroatoms. The van der Waals surface area contributed by atoms with E-state index in [2.05, 4.69) is 11.4 Å². The molecular weight excluding hydrogens is 326 g/mol. The van der Waals surface area contributed by atoms with Crippen LogP contribution in [0.1, 0.15) is 35.3 Å². The van der Waals surface area contributed by atoms with Crippen LogP contribution < -0.4 is 5.32 Å². The Kier molecular flexibility index (Phi) is 5.51. The van der Waals surface area contributed by atoms with Gasteiger partial charge in [0.1, 0.15) is 0 Å². The summed E-state index contributed by atoms with van der Waals surface area (Å²) in [5, 5.41) is 13.1. The van der Waals surface area contributed by atoms with E-state index in [0.29, 0.717) is 11.6 Å². The maximum Gasteiger partial charge on any atom is 0.223 e. The van der Waals surface area contributed by atoms with Crippen molar-refractivity contribution in [1.29, 1.82) is 0 Å². The van der Waals surface area contributed by atoms with Gasteiger partial charge in [0.25, 0.3) is 0 Å². The Morgan fingerprint density at radius 1 is 1.25 bits per heavy atom. The lowest BCUT2D eigenvalue weighted by Crippen LogP contribution is -2.32. The van der Waals surface area contributed by atoms with Gasteiger partial charge in [0.15, 0.2) is 0 Å². The number of rotatable bonds is 5. The van der Waals surface area contributed by atoms with Crippen molar-refractivity contribution in [1.82, 2.24) is 5.32 Å². The van der Waals surface area contributed by atoms with E-state index >= 15 is 0 Å². The Balaban J connectivity index is 1.66. The van der Waals surface area contributed by atoms with Gasteiger partial charge in [0.05, 0.1) is 31.8 Å². The number of carbonyl (C=O) groups is 1. The van der Waals surface area contributed by atoms with Gasteiger partial charge in [-0.15, -0.1) is 0 Å². The van der Waals surface area contributed by atoms with Crippen LogP contribution in [0.4, 0.5) is 0 Å². The second kappa shape index (κ2) is 7.79. The van der Waals surface area contributed by atoms with Crippen molar-refractivity contribution >= 4 is 17.5 Å². The Morgan fingerprint density at radius 3 is 2.75 bits per heavy atom. The first-order valence-electron chi connectivity index (χ1n) is 8.02. The lowest BCUT2D eigenvalue weighted by atomic mass is 9.95. The van der Waals surface area contributed by atoms with Crippen LogP contribution in [0.3, 0.4) is 0 Å². The third-order valence-electron chi connectivity index (χ3n) is 4.25. The van der Waals surface area contributed by atoms with Gasteiger partial charge in [-0.2, -0.15) is 0 Å². The smallest absolute Gasteiger partial charge is 0.223 e. The normalized spacial score (nSPS) is 17.8. The molecule has 2 aromatic carbocycles. The van der Waals surface area contributed by atoms with Crippen LogP contribution in [0.2, 0.25) is 5.02 Å². The van der Waals surface area contributed by atoms with Gasteiger partial charge in [0, 0.05) is 5.02 Å². The number of aliphatic hydroxyl groups excluding tert-OH is 1. The molecule has 2 unspecified atom stereocenters. The van der Waals surface area contributed by atoms with Crippen LogP contribution in [-0.4, -0.2) is 24.2 Å². The molecule has 0 bridgehead atoms. The summed E-state index contributed by atoms with van der Waals surface area (Å²) in [6.45, 7) is 0.449. The highest BCUT2D eigenvalue weighted by Crippen LogP contribution is 2.29. The summed E-state index contributed by atoms with van der Waals surface area (Å²) in [6.07, 6.45) is 0.874. The van der Waals surface area contributed by atoms with Gasteiger partial charge in [-0.1, -0.05) is 48.0 Å². The number of hydrogen-bond donors (Lipinski definition) is 2. The highest BCUT2D eigenvalue weighted by atomic mass is 35.5. The van der Waals surface area contributed by atoms with E-state index in [1.54, 1.807) is 24.3 Å². The molecule has 24 heavy (non-hydrogen) atoms. The molecule has 126 valence electrons. The number of carbonyl (C=O) groups excluding carboxylic acids is 1. The number of benzene rings is 2. The molecule has 2 N–H and O–H groups in total. The Bertz CT molecular complexity index is 702. The highest BCUT2D eigenvalue weighted by molar-refractivity contribution is 6.30. The van der Waals surface area contributed by atoms with E-state index in [1.165, 1.54) is 5.56 Å². The summed E-state index contributed by atoms with van der Waals surface area (Å²) in [4.78, 5) is 12.4. The van der Waals surface area contributed by atoms with E-state index in [1.807, 2.05) is 18.2 Å². The largest absolute Gasteiger partial charge is 0.394 e. The highest BCUT2D eigenvalue weighted by Gasteiger charge is 2.24. The summed E-state index contributed by atoms with van der Waals surface area (Å²) < 4.78 is 5.77. The maximum atomic E-state index is 12.4. The Hall–Kier alpha value is -1.88. The molecule has 2 aromatic rings. The first-order valence-corrected chi connectivity index (χ1v) is 8.40. The number of hydrogen-bond acceptors (Lipinski definition) is 3. The molecule has 0 aliphatic carbocycles. The fourth-order valence-electron chi connectivity index (χ4n) is 3.00. The first-order chi connectivity index (χ1) is 11.7. The van der Waals surface area contributed by atoms with Gasteiger partial charge < -0.3 is 15.2 Å². The minimum Gasteiger partial charge on any atom is -0.394 e. The van der Waals surface area contributed by atoms with Gasteiger partial charge in [-0.3, -0.25) is 4.79 Å². The van der Waals surface area contributed by atoms with Crippen LogP contribution in [0.25, 0.3) is 0 Å². The zero-order valence-electron chi connectivity index (χ0n) is 13.2. The Labute approximate surface area is 146 Å². The van der Waals surface area contributed by atoms with E-state index in [4.69, 9.17) is 16.3 Å². The fraction of sp³-hybridized carbons (Fsp3) is 0.316. The molecule has 4 nitrogen and oxygen atoms in total. The minimum atomic E-state index is -0.450. The molecule has 2 atom stereocenters. The van der Waals surface area contributed by atoms with E-state index < -0.39 is 6.04 Å². The van der Waals surface area contributed by atoms with Crippen LogP contribution in [0.5, 0.6) is 0 Å². The molecule has 0 aromatic heterocycles. The minimum absolute atomic E-state index is 0.147. The number of ether oxygens (including phenoxy) is 1. The van der Waals surface area contributed by atoms with Crippen LogP contribution in [0.15, 0.2) is 48.5 Å². The molecule has 0 saturated heterocycles. The average molecular weight is 346 g/mol. The molecule has 0 fully saturated rings. The number of amides is 1. The van der Waals surface area contributed by atoms with Crippen molar-refractivity contribution < 1.29 is 14.6 Å². The second-order valence-corrected chi connectivity index (χ2v) is 6.30. The number of nitrogens with one attached hydrogen (secondary N) is 1. The standard InChI is InChI=1S/C19H20ClNO3/c20-15-7-5-14(6-8-15)17(12-22)21-19(23)11-18-16-4-2-1-3-13(16)9-10-24-18/h1-8,17-18,22H,9-12H2,(H,21,23). The predicted molar refractivity (Wildman–Crippen MR) is 92.9 cm³/mol. The van der Waals surface area contributed by atoms with Crippen LogP contribution in [0, 0.1) is 0 Å². The summed E-state index contributed by atoms with van der Waals surface area (Å²) in [5.41, 5.74) is 3.13. The quantitative estimate of drug-likeness (QED) is 0.875. The van der Waals surface area contributed by atoms with Gasteiger partial charge >= 0.3 is 0 Å². The lowest BCUT2D eigenvalue weighted by Gasteiger charge is -2.26. The first kappa shape index (κ1) is 17.0. The summed E-state index contributed by atoms with van der Waals surface area (Å²) in [5.74, 6) is -0.147. The monoisotopic (exact) mass is 345 g/mol. The summed E-state index contributed by atoms with van der Waals surface area (Å²) in [6, 6.07) is 14.7. The van der Waals surface area contributed by atoms with Crippen molar-refractivity contribution in [2.45, 2.75) is 25.0 Å². The topological polar surface area (TPSA) is 58.6 Å². The molecule has 0 radical (unpaired) electrons. The number of fused-ring (bicyclic) bond motifs is 1. The van der Waals surface area contributed by atoms with Gasteiger partial charge in [-0.05, 0) is 35.2 Å². The van der Waals surface area contributed by atoms with Crippen LogP contribution in [-0.2, 0) is 16.0 Å². The molecule has 1 amide bonds. The zero-order valence-corrected chi connectivity index (χ0v) is 14.0. The van der Waals surface area contributed by atoms with Crippen molar-refractivity contribution in [2.24, 2.45) is 0 Å². The molecule has 1 heterocycles. The number of aliphatic hydroxyl groups is 1.